The first-order valence-corrected chi connectivity index (χ1v) is 8.89. The lowest BCUT2D eigenvalue weighted by atomic mass is 9.88. The highest BCUT2D eigenvalue weighted by atomic mass is 16.3. The summed E-state index contributed by atoms with van der Waals surface area (Å²) in [6.07, 6.45) is 10.4. The Bertz CT molecular complexity index is 319. The van der Waals surface area contributed by atoms with Crippen molar-refractivity contribution in [3.05, 3.63) is 11.6 Å². The third kappa shape index (κ3) is 5.72. The fourth-order valence-electron chi connectivity index (χ4n) is 3.82. The van der Waals surface area contributed by atoms with Gasteiger partial charge in [0.25, 0.3) is 0 Å². The third-order valence-electron chi connectivity index (χ3n) is 5.13. The number of rotatable bonds is 6. The first-order chi connectivity index (χ1) is 10.2. The van der Waals surface area contributed by atoms with Gasteiger partial charge in [0.1, 0.15) is 0 Å². The zero-order valence-electron chi connectivity index (χ0n) is 14.1. The van der Waals surface area contributed by atoms with Crippen molar-refractivity contribution in [2.24, 2.45) is 5.92 Å². The number of nitrogens with zero attached hydrogens (tertiary/aromatic N) is 2. The van der Waals surface area contributed by atoms with Crippen LogP contribution in [0.3, 0.4) is 0 Å². The second kappa shape index (κ2) is 8.92. The second-order valence-corrected chi connectivity index (χ2v) is 7.21. The van der Waals surface area contributed by atoms with Crippen molar-refractivity contribution in [1.82, 2.24) is 9.80 Å². The smallest absolute Gasteiger partial charge is 0.0446 e. The van der Waals surface area contributed by atoms with Crippen LogP contribution in [-0.4, -0.2) is 60.3 Å². The van der Waals surface area contributed by atoms with Crippen LogP contribution in [0.15, 0.2) is 11.6 Å². The first-order valence-electron chi connectivity index (χ1n) is 8.89. The highest BCUT2D eigenvalue weighted by Gasteiger charge is 2.27. The molecule has 2 rings (SSSR count). The maximum Gasteiger partial charge on any atom is 0.0446 e. The molecule has 1 saturated heterocycles. The molecular formula is C18H34N2O. The minimum absolute atomic E-state index is 0.313. The predicted molar refractivity (Wildman–Crippen MR) is 89.5 cm³/mol. The largest absolute Gasteiger partial charge is 0.396 e. The van der Waals surface area contributed by atoms with Crippen LogP contribution in [0.4, 0.5) is 0 Å². The number of piperazine rings is 1. The zero-order chi connectivity index (χ0) is 15.1. The van der Waals surface area contributed by atoms with Crippen molar-refractivity contribution in [3.8, 4) is 0 Å². The van der Waals surface area contributed by atoms with Crippen LogP contribution in [0.25, 0.3) is 0 Å². The summed E-state index contributed by atoms with van der Waals surface area (Å²) in [5.74, 6) is 0.929. The van der Waals surface area contributed by atoms with Gasteiger partial charge in [-0.05, 0) is 39.0 Å². The molecule has 1 atom stereocenters. The van der Waals surface area contributed by atoms with Gasteiger partial charge in [-0.25, -0.2) is 0 Å². The molecule has 0 amide bonds. The fourth-order valence-corrected chi connectivity index (χ4v) is 3.82. The molecule has 1 aliphatic carbocycles. The second-order valence-electron chi connectivity index (χ2n) is 7.21. The van der Waals surface area contributed by atoms with Crippen LogP contribution in [0.5, 0.6) is 0 Å². The molecule has 0 unspecified atom stereocenters. The molecule has 2 fully saturated rings. The molecule has 0 spiro atoms. The van der Waals surface area contributed by atoms with E-state index in [0.29, 0.717) is 12.6 Å². The summed E-state index contributed by atoms with van der Waals surface area (Å²) >= 11 is 0. The van der Waals surface area contributed by atoms with Gasteiger partial charge < -0.3 is 10.0 Å². The number of allylic oxidation sites excluding steroid dienone is 1. The van der Waals surface area contributed by atoms with E-state index in [9.17, 15) is 5.11 Å². The van der Waals surface area contributed by atoms with Gasteiger partial charge in [0, 0.05) is 45.4 Å². The van der Waals surface area contributed by atoms with Crippen LogP contribution >= 0.6 is 0 Å². The Hall–Kier alpha value is -0.380. The molecule has 21 heavy (non-hydrogen) atoms. The van der Waals surface area contributed by atoms with Gasteiger partial charge in [-0.1, -0.05) is 30.9 Å². The van der Waals surface area contributed by atoms with E-state index in [4.69, 9.17) is 0 Å². The van der Waals surface area contributed by atoms with Crippen molar-refractivity contribution in [2.75, 3.05) is 39.3 Å². The predicted octanol–water partition coefficient (Wildman–Crippen LogP) is 2.90. The molecule has 1 saturated carbocycles. The van der Waals surface area contributed by atoms with E-state index in [1.54, 1.807) is 0 Å². The minimum Gasteiger partial charge on any atom is -0.396 e. The molecule has 3 heteroatoms. The number of hydrogen-bond donors (Lipinski definition) is 1. The Kier molecular flexibility index (Phi) is 7.21. The summed E-state index contributed by atoms with van der Waals surface area (Å²) in [6, 6.07) is 0.531. The average Bonchev–Trinajstić information content (AvgIpc) is 2.48. The monoisotopic (exact) mass is 294 g/mol. The lowest BCUT2D eigenvalue weighted by Gasteiger charge is -2.42. The van der Waals surface area contributed by atoms with Crippen molar-refractivity contribution >= 4 is 0 Å². The molecule has 122 valence electrons. The van der Waals surface area contributed by atoms with Gasteiger partial charge in [0.2, 0.25) is 0 Å². The van der Waals surface area contributed by atoms with Crippen LogP contribution in [0, 0.1) is 5.92 Å². The average molecular weight is 294 g/mol. The van der Waals surface area contributed by atoms with Gasteiger partial charge in [0.15, 0.2) is 0 Å². The fraction of sp³-hybridized carbons (Fsp3) is 0.889. The molecule has 0 aromatic carbocycles. The van der Waals surface area contributed by atoms with E-state index in [1.165, 1.54) is 50.8 Å². The molecule has 0 aromatic rings. The molecule has 2 aliphatic rings. The summed E-state index contributed by atoms with van der Waals surface area (Å²) in [4.78, 5) is 5.22. The Morgan fingerprint density at radius 1 is 1.14 bits per heavy atom. The Morgan fingerprint density at radius 3 is 2.57 bits per heavy atom. The lowest BCUT2D eigenvalue weighted by Crippen LogP contribution is -2.54. The van der Waals surface area contributed by atoms with E-state index >= 15 is 0 Å². The summed E-state index contributed by atoms with van der Waals surface area (Å²) < 4.78 is 0. The van der Waals surface area contributed by atoms with Crippen molar-refractivity contribution in [1.29, 1.82) is 0 Å². The maximum atomic E-state index is 9.36. The lowest BCUT2D eigenvalue weighted by molar-refractivity contribution is 0.0550. The highest BCUT2D eigenvalue weighted by Crippen LogP contribution is 2.25. The molecule has 1 N–H and O–H groups in total. The Labute approximate surface area is 131 Å². The topological polar surface area (TPSA) is 26.7 Å². The van der Waals surface area contributed by atoms with Crippen LogP contribution < -0.4 is 0 Å². The number of aliphatic hydroxyl groups is 1. The standard InChI is InChI=1S/C18H34N2O/c1-16(2)8-10-20-12-11-19(15-18(20)9-13-21)14-17-6-4-3-5-7-17/h8,17-18,21H,3-7,9-15H2,1-2H3/t18-/m0/s1. The van der Waals surface area contributed by atoms with Crippen LogP contribution in [0.2, 0.25) is 0 Å². The van der Waals surface area contributed by atoms with E-state index in [0.717, 1.165) is 32.0 Å². The molecule has 3 nitrogen and oxygen atoms in total. The Balaban J connectivity index is 1.83. The maximum absolute atomic E-state index is 9.36. The number of hydrogen-bond acceptors (Lipinski definition) is 3. The summed E-state index contributed by atoms with van der Waals surface area (Å²) in [5.41, 5.74) is 1.39. The van der Waals surface area contributed by atoms with Crippen molar-refractivity contribution in [2.45, 2.75) is 58.4 Å². The first kappa shape index (κ1) is 17.0. The van der Waals surface area contributed by atoms with Crippen LogP contribution in [-0.2, 0) is 0 Å². The summed E-state index contributed by atoms with van der Waals surface area (Å²) in [7, 11) is 0. The van der Waals surface area contributed by atoms with E-state index in [1.807, 2.05) is 0 Å². The van der Waals surface area contributed by atoms with Crippen molar-refractivity contribution < 1.29 is 5.11 Å². The quantitative estimate of drug-likeness (QED) is 0.763. The highest BCUT2D eigenvalue weighted by molar-refractivity contribution is 4.97. The SMILES string of the molecule is CC(C)=CCN1CCN(CC2CCCCC2)C[C@@H]1CCO. The summed E-state index contributed by atoms with van der Waals surface area (Å²) in [6.45, 7) is 10.5. The van der Waals surface area contributed by atoms with Crippen LogP contribution in [0.1, 0.15) is 52.4 Å². The number of aliphatic hydroxyl groups excluding tert-OH is 1. The molecule has 1 heterocycles. The van der Waals surface area contributed by atoms with Crippen molar-refractivity contribution in [3.63, 3.8) is 0 Å². The minimum atomic E-state index is 0.313. The Morgan fingerprint density at radius 2 is 1.90 bits per heavy atom. The summed E-state index contributed by atoms with van der Waals surface area (Å²) in [5, 5.41) is 9.36. The molecular weight excluding hydrogens is 260 g/mol. The van der Waals surface area contributed by atoms with E-state index in [-0.39, 0.29) is 0 Å². The zero-order valence-corrected chi connectivity index (χ0v) is 14.1. The third-order valence-corrected chi connectivity index (χ3v) is 5.13. The molecule has 0 bridgehead atoms. The normalized spacial score (nSPS) is 26.0. The molecule has 0 aromatic heterocycles. The van der Waals surface area contributed by atoms with Gasteiger partial charge in [-0.2, -0.15) is 0 Å². The van der Waals surface area contributed by atoms with E-state index in [2.05, 4.69) is 29.7 Å². The van der Waals surface area contributed by atoms with E-state index < -0.39 is 0 Å². The van der Waals surface area contributed by atoms with Gasteiger partial charge >= 0.3 is 0 Å². The van der Waals surface area contributed by atoms with Gasteiger partial charge in [-0.3, -0.25) is 4.90 Å². The van der Waals surface area contributed by atoms with Gasteiger partial charge in [0.05, 0.1) is 0 Å². The van der Waals surface area contributed by atoms with Gasteiger partial charge in [-0.15, -0.1) is 0 Å². The molecule has 1 aliphatic heterocycles. The molecule has 0 radical (unpaired) electrons.